The summed E-state index contributed by atoms with van der Waals surface area (Å²) in [5.41, 5.74) is 0.336. The first-order chi connectivity index (χ1) is 9.16. The second-order valence-electron chi connectivity index (χ2n) is 5.20. The van der Waals surface area contributed by atoms with E-state index >= 15 is 0 Å². The quantitative estimate of drug-likeness (QED) is 0.797. The van der Waals surface area contributed by atoms with Crippen LogP contribution in [0.3, 0.4) is 0 Å². The van der Waals surface area contributed by atoms with Crippen molar-refractivity contribution in [3.05, 3.63) is 22.4 Å². The molecule has 0 unspecified atom stereocenters. The van der Waals surface area contributed by atoms with Crippen molar-refractivity contribution in [3.63, 3.8) is 0 Å². The number of hydrogen-bond donors (Lipinski definition) is 0. The zero-order valence-electron chi connectivity index (χ0n) is 11.6. The molecule has 0 aliphatic heterocycles. The number of nitriles is 1. The Labute approximate surface area is 118 Å². The normalized spacial score (nSPS) is 15.0. The highest BCUT2D eigenvalue weighted by atomic mass is 32.1. The van der Waals surface area contributed by atoms with Crippen LogP contribution in [0.1, 0.15) is 45.1 Å². The van der Waals surface area contributed by atoms with E-state index < -0.39 is 5.41 Å². The van der Waals surface area contributed by atoms with Crippen molar-refractivity contribution in [1.82, 2.24) is 4.90 Å². The van der Waals surface area contributed by atoms with E-state index in [1.807, 2.05) is 24.1 Å². The molecule has 0 radical (unpaired) electrons. The average molecular weight is 276 g/mol. The van der Waals surface area contributed by atoms with Crippen LogP contribution in [0.5, 0.6) is 0 Å². The van der Waals surface area contributed by atoms with Gasteiger partial charge in [-0.25, -0.2) is 0 Å². The maximum Gasteiger partial charge on any atom is 0.243 e. The third-order valence-corrected chi connectivity index (χ3v) is 4.74. The third kappa shape index (κ3) is 2.82. The van der Waals surface area contributed by atoms with Gasteiger partial charge in [-0.15, -0.1) is 0 Å². The minimum atomic E-state index is -0.835. The predicted octanol–water partition coefficient (Wildman–Crippen LogP) is 3.57. The number of carbonyl (C=O) groups is 1. The van der Waals surface area contributed by atoms with Crippen LogP contribution < -0.4 is 0 Å². The van der Waals surface area contributed by atoms with Gasteiger partial charge in [0.15, 0.2) is 0 Å². The largest absolute Gasteiger partial charge is 0.334 e. The van der Waals surface area contributed by atoms with Gasteiger partial charge < -0.3 is 4.90 Å². The highest BCUT2D eigenvalue weighted by molar-refractivity contribution is 7.07. The number of rotatable bonds is 6. The Morgan fingerprint density at radius 1 is 1.53 bits per heavy atom. The van der Waals surface area contributed by atoms with Crippen LogP contribution in [-0.4, -0.2) is 16.8 Å². The first kappa shape index (κ1) is 14.1. The Balaban J connectivity index is 2.19. The number of thiophene rings is 1. The van der Waals surface area contributed by atoms with E-state index in [-0.39, 0.29) is 5.91 Å². The molecular weight excluding hydrogens is 256 g/mol. The summed E-state index contributed by atoms with van der Waals surface area (Å²) in [5, 5.41) is 13.5. The number of nitrogens with zero attached hydrogens (tertiary/aromatic N) is 2. The minimum absolute atomic E-state index is 0.0219. The predicted molar refractivity (Wildman–Crippen MR) is 76.5 cm³/mol. The highest BCUT2D eigenvalue weighted by Gasteiger charge is 2.43. The summed E-state index contributed by atoms with van der Waals surface area (Å²) in [6.45, 7) is 4.51. The molecule has 2 rings (SSSR count). The van der Waals surface area contributed by atoms with E-state index in [4.69, 9.17) is 0 Å². The van der Waals surface area contributed by atoms with Crippen molar-refractivity contribution in [3.8, 4) is 6.07 Å². The standard InChI is InChI=1S/C15H20N2OS/c1-3-15(4-2,11-16)14(18)17(13-5-6-13)9-12-7-8-19-10-12/h7-8,10,13H,3-6,9H2,1-2H3. The zero-order chi connectivity index (χ0) is 13.9. The first-order valence-electron chi connectivity index (χ1n) is 6.90. The van der Waals surface area contributed by atoms with Crippen molar-refractivity contribution in [1.29, 1.82) is 5.26 Å². The minimum Gasteiger partial charge on any atom is -0.334 e. The van der Waals surface area contributed by atoms with Crippen LogP contribution in [0.2, 0.25) is 0 Å². The van der Waals surface area contributed by atoms with Gasteiger partial charge in [0.2, 0.25) is 5.91 Å². The molecule has 0 saturated heterocycles. The van der Waals surface area contributed by atoms with Crippen molar-refractivity contribution < 1.29 is 4.79 Å². The summed E-state index contributed by atoms with van der Waals surface area (Å²) >= 11 is 1.65. The highest BCUT2D eigenvalue weighted by Crippen LogP contribution is 2.35. The fourth-order valence-corrected chi connectivity index (χ4v) is 3.03. The van der Waals surface area contributed by atoms with E-state index in [1.54, 1.807) is 11.3 Å². The SMILES string of the molecule is CCC(C#N)(CC)C(=O)N(Cc1ccsc1)C1CC1. The summed E-state index contributed by atoms with van der Waals surface area (Å²) in [5.74, 6) is 0.0219. The Hall–Kier alpha value is -1.34. The lowest BCUT2D eigenvalue weighted by Crippen LogP contribution is -2.43. The smallest absolute Gasteiger partial charge is 0.243 e. The van der Waals surface area contributed by atoms with Crippen molar-refractivity contribution in [2.45, 2.75) is 52.1 Å². The molecule has 0 bridgehead atoms. The molecule has 0 atom stereocenters. The van der Waals surface area contributed by atoms with E-state index in [2.05, 4.69) is 17.5 Å². The van der Waals surface area contributed by atoms with Gasteiger partial charge in [0.1, 0.15) is 5.41 Å². The molecule has 0 spiro atoms. The molecule has 1 saturated carbocycles. The van der Waals surface area contributed by atoms with Crippen LogP contribution in [0.4, 0.5) is 0 Å². The van der Waals surface area contributed by atoms with Gasteiger partial charge in [-0.3, -0.25) is 4.79 Å². The number of amides is 1. The molecule has 0 N–H and O–H groups in total. The maximum atomic E-state index is 12.8. The lowest BCUT2D eigenvalue weighted by Gasteiger charge is -2.31. The van der Waals surface area contributed by atoms with Gasteiger partial charge >= 0.3 is 0 Å². The molecule has 19 heavy (non-hydrogen) atoms. The van der Waals surface area contributed by atoms with Crippen LogP contribution in [0.15, 0.2) is 16.8 Å². The average Bonchev–Trinajstić information content (AvgIpc) is 3.15. The molecular formula is C15H20N2OS. The number of carbonyl (C=O) groups excluding carboxylic acids is 1. The molecule has 102 valence electrons. The molecule has 1 aromatic rings. The number of hydrogen-bond acceptors (Lipinski definition) is 3. The monoisotopic (exact) mass is 276 g/mol. The van der Waals surface area contributed by atoms with Gasteiger partial charge in [0, 0.05) is 12.6 Å². The van der Waals surface area contributed by atoms with Crippen LogP contribution >= 0.6 is 11.3 Å². The first-order valence-corrected chi connectivity index (χ1v) is 7.84. The van der Waals surface area contributed by atoms with Gasteiger partial charge in [-0.1, -0.05) is 13.8 Å². The summed E-state index contributed by atoms with van der Waals surface area (Å²) in [6, 6.07) is 4.67. The van der Waals surface area contributed by atoms with Gasteiger partial charge in [-0.2, -0.15) is 16.6 Å². The Morgan fingerprint density at radius 2 is 2.21 bits per heavy atom. The van der Waals surface area contributed by atoms with Gasteiger partial charge in [-0.05, 0) is 48.1 Å². The lowest BCUT2D eigenvalue weighted by molar-refractivity contribution is -0.140. The molecule has 0 aromatic carbocycles. The molecule has 1 aromatic heterocycles. The molecule has 1 heterocycles. The zero-order valence-corrected chi connectivity index (χ0v) is 12.4. The summed E-state index contributed by atoms with van der Waals surface area (Å²) in [7, 11) is 0. The molecule has 3 nitrogen and oxygen atoms in total. The molecule has 1 aliphatic rings. The van der Waals surface area contributed by atoms with Crippen LogP contribution in [0.25, 0.3) is 0 Å². The second kappa shape index (κ2) is 5.75. The summed E-state index contributed by atoms with van der Waals surface area (Å²) in [6.07, 6.45) is 3.33. The topological polar surface area (TPSA) is 44.1 Å². The lowest BCUT2D eigenvalue weighted by atomic mass is 9.82. The molecule has 1 fully saturated rings. The van der Waals surface area contributed by atoms with E-state index in [1.165, 1.54) is 5.56 Å². The maximum absolute atomic E-state index is 12.8. The van der Waals surface area contributed by atoms with Gasteiger partial charge in [0.05, 0.1) is 6.07 Å². The van der Waals surface area contributed by atoms with Crippen molar-refractivity contribution in [2.24, 2.45) is 5.41 Å². The van der Waals surface area contributed by atoms with Crippen molar-refractivity contribution in [2.75, 3.05) is 0 Å². The third-order valence-electron chi connectivity index (χ3n) is 4.01. The summed E-state index contributed by atoms with van der Waals surface area (Å²) in [4.78, 5) is 14.7. The van der Waals surface area contributed by atoms with E-state index in [0.29, 0.717) is 25.4 Å². The van der Waals surface area contributed by atoms with E-state index in [0.717, 1.165) is 12.8 Å². The van der Waals surface area contributed by atoms with Crippen LogP contribution in [-0.2, 0) is 11.3 Å². The summed E-state index contributed by atoms with van der Waals surface area (Å²) < 4.78 is 0. The van der Waals surface area contributed by atoms with E-state index in [9.17, 15) is 10.1 Å². The molecule has 4 heteroatoms. The molecule has 1 amide bonds. The molecule has 1 aliphatic carbocycles. The fourth-order valence-electron chi connectivity index (χ4n) is 2.37. The Morgan fingerprint density at radius 3 is 2.63 bits per heavy atom. The second-order valence-corrected chi connectivity index (χ2v) is 5.98. The van der Waals surface area contributed by atoms with Crippen LogP contribution in [0, 0.1) is 16.7 Å². The van der Waals surface area contributed by atoms with Crippen molar-refractivity contribution >= 4 is 17.2 Å². The fraction of sp³-hybridized carbons (Fsp3) is 0.600. The Bertz CT molecular complexity index is 467. The Kier molecular flexibility index (Phi) is 4.26. The van der Waals surface area contributed by atoms with Gasteiger partial charge in [0.25, 0.3) is 0 Å².